The second-order valence-electron chi connectivity index (χ2n) is 4.75. The van der Waals surface area contributed by atoms with E-state index in [1.54, 1.807) is 0 Å². The predicted octanol–water partition coefficient (Wildman–Crippen LogP) is 0.342. The highest BCUT2D eigenvalue weighted by atomic mass is 32.2. The van der Waals surface area contributed by atoms with Gasteiger partial charge in [-0.25, -0.2) is 0 Å². The van der Waals surface area contributed by atoms with Crippen molar-refractivity contribution in [3.05, 3.63) is 0 Å². The summed E-state index contributed by atoms with van der Waals surface area (Å²) in [4.78, 5) is 0. The monoisotopic (exact) mass is 248 g/mol. The molecule has 6 heteroatoms. The SMILES string of the molecule is CC1CCC(NS(=O)(=O)N2CCOCC2)C1. The molecular weight excluding hydrogens is 228 g/mol. The summed E-state index contributed by atoms with van der Waals surface area (Å²) in [6.07, 6.45) is 3.05. The highest BCUT2D eigenvalue weighted by Crippen LogP contribution is 2.25. The van der Waals surface area contributed by atoms with Crippen molar-refractivity contribution in [2.45, 2.75) is 32.2 Å². The molecule has 1 heterocycles. The van der Waals surface area contributed by atoms with Gasteiger partial charge in [-0.3, -0.25) is 0 Å². The minimum Gasteiger partial charge on any atom is -0.379 e. The molecule has 0 aromatic heterocycles. The van der Waals surface area contributed by atoms with E-state index in [0.717, 1.165) is 19.3 Å². The molecule has 0 amide bonds. The molecule has 0 aromatic rings. The molecule has 5 nitrogen and oxygen atoms in total. The minimum absolute atomic E-state index is 0.128. The average Bonchev–Trinajstić information content (AvgIpc) is 2.64. The molecule has 1 N–H and O–H groups in total. The van der Waals surface area contributed by atoms with Gasteiger partial charge in [0.15, 0.2) is 0 Å². The second kappa shape index (κ2) is 5.00. The lowest BCUT2D eigenvalue weighted by Gasteiger charge is -2.27. The molecule has 1 saturated heterocycles. The van der Waals surface area contributed by atoms with Gasteiger partial charge in [-0.2, -0.15) is 17.4 Å². The zero-order chi connectivity index (χ0) is 11.6. The van der Waals surface area contributed by atoms with E-state index in [4.69, 9.17) is 4.74 Å². The van der Waals surface area contributed by atoms with E-state index in [0.29, 0.717) is 32.2 Å². The summed E-state index contributed by atoms with van der Waals surface area (Å²) in [6, 6.07) is 0.128. The molecule has 1 aliphatic heterocycles. The summed E-state index contributed by atoms with van der Waals surface area (Å²) < 4.78 is 33.4. The first-order chi connectivity index (χ1) is 7.58. The first-order valence-corrected chi connectivity index (χ1v) is 7.37. The number of rotatable bonds is 3. The lowest BCUT2D eigenvalue weighted by molar-refractivity contribution is 0.0723. The van der Waals surface area contributed by atoms with Gasteiger partial charge >= 0.3 is 0 Å². The van der Waals surface area contributed by atoms with Crippen LogP contribution in [-0.2, 0) is 14.9 Å². The largest absolute Gasteiger partial charge is 0.379 e. The van der Waals surface area contributed by atoms with Gasteiger partial charge in [0.25, 0.3) is 10.2 Å². The van der Waals surface area contributed by atoms with E-state index in [1.165, 1.54) is 4.31 Å². The van der Waals surface area contributed by atoms with Crippen LogP contribution in [0.15, 0.2) is 0 Å². The highest BCUT2D eigenvalue weighted by Gasteiger charge is 2.30. The third-order valence-electron chi connectivity index (χ3n) is 3.32. The fourth-order valence-corrected chi connectivity index (χ4v) is 3.80. The molecule has 2 rings (SSSR count). The maximum absolute atomic E-state index is 12.0. The van der Waals surface area contributed by atoms with Crippen molar-refractivity contribution in [1.82, 2.24) is 9.03 Å². The van der Waals surface area contributed by atoms with Crippen LogP contribution in [0.3, 0.4) is 0 Å². The zero-order valence-electron chi connectivity index (χ0n) is 9.68. The number of hydrogen-bond donors (Lipinski definition) is 1. The third kappa shape index (κ3) is 2.94. The van der Waals surface area contributed by atoms with Gasteiger partial charge in [0.05, 0.1) is 13.2 Å². The maximum Gasteiger partial charge on any atom is 0.279 e. The molecular formula is C10H20N2O3S. The van der Waals surface area contributed by atoms with Crippen molar-refractivity contribution < 1.29 is 13.2 Å². The van der Waals surface area contributed by atoms with Crippen LogP contribution < -0.4 is 4.72 Å². The van der Waals surface area contributed by atoms with Crippen LogP contribution in [0.25, 0.3) is 0 Å². The molecule has 2 fully saturated rings. The van der Waals surface area contributed by atoms with Gasteiger partial charge < -0.3 is 4.74 Å². The van der Waals surface area contributed by atoms with Crippen molar-refractivity contribution in [2.75, 3.05) is 26.3 Å². The smallest absolute Gasteiger partial charge is 0.279 e. The van der Waals surface area contributed by atoms with E-state index >= 15 is 0 Å². The van der Waals surface area contributed by atoms with Crippen LogP contribution in [0.5, 0.6) is 0 Å². The Labute approximate surface area is 97.3 Å². The molecule has 0 aromatic carbocycles. The lowest BCUT2D eigenvalue weighted by Crippen LogP contribution is -2.49. The standard InChI is InChI=1S/C10H20N2O3S/c1-9-2-3-10(8-9)11-16(13,14)12-4-6-15-7-5-12/h9-11H,2-8H2,1H3. The molecule has 16 heavy (non-hydrogen) atoms. The highest BCUT2D eigenvalue weighted by molar-refractivity contribution is 7.87. The van der Waals surface area contributed by atoms with Crippen LogP contribution in [0.1, 0.15) is 26.2 Å². The number of nitrogens with one attached hydrogen (secondary N) is 1. The topological polar surface area (TPSA) is 58.6 Å². The summed E-state index contributed by atoms with van der Waals surface area (Å²) in [5.74, 6) is 0.636. The summed E-state index contributed by atoms with van der Waals surface area (Å²) in [6.45, 7) is 4.11. The Kier molecular flexibility index (Phi) is 3.84. The summed E-state index contributed by atoms with van der Waals surface area (Å²) >= 11 is 0. The zero-order valence-corrected chi connectivity index (χ0v) is 10.5. The molecule has 0 bridgehead atoms. The van der Waals surface area contributed by atoms with Crippen molar-refractivity contribution in [2.24, 2.45) is 5.92 Å². The van der Waals surface area contributed by atoms with Gasteiger partial charge in [0.2, 0.25) is 0 Å². The molecule has 2 atom stereocenters. The first-order valence-electron chi connectivity index (χ1n) is 5.93. The third-order valence-corrected chi connectivity index (χ3v) is 5.00. The summed E-state index contributed by atoms with van der Waals surface area (Å²) in [5, 5.41) is 0. The van der Waals surface area contributed by atoms with Crippen molar-refractivity contribution >= 4 is 10.2 Å². The van der Waals surface area contributed by atoms with E-state index in [-0.39, 0.29) is 6.04 Å². The lowest BCUT2D eigenvalue weighted by atomic mass is 10.1. The predicted molar refractivity (Wildman–Crippen MR) is 61.3 cm³/mol. The summed E-state index contributed by atoms with van der Waals surface area (Å²) in [5.41, 5.74) is 0. The summed E-state index contributed by atoms with van der Waals surface area (Å²) in [7, 11) is -3.29. The van der Waals surface area contributed by atoms with Gasteiger partial charge in [-0.05, 0) is 25.2 Å². The Morgan fingerprint density at radius 3 is 2.50 bits per heavy atom. The van der Waals surface area contributed by atoms with E-state index in [1.807, 2.05) is 0 Å². The van der Waals surface area contributed by atoms with Crippen LogP contribution in [0.2, 0.25) is 0 Å². The Hall–Kier alpha value is -0.170. The van der Waals surface area contributed by atoms with Gasteiger partial charge in [-0.1, -0.05) is 6.92 Å². The van der Waals surface area contributed by atoms with E-state index in [9.17, 15) is 8.42 Å². The number of ether oxygens (including phenoxy) is 1. The van der Waals surface area contributed by atoms with E-state index in [2.05, 4.69) is 11.6 Å². The van der Waals surface area contributed by atoms with Crippen molar-refractivity contribution in [3.63, 3.8) is 0 Å². The van der Waals surface area contributed by atoms with Crippen LogP contribution in [0, 0.1) is 5.92 Å². The van der Waals surface area contributed by atoms with E-state index < -0.39 is 10.2 Å². The molecule has 1 saturated carbocycles. The Bertz CT molecular complexity index is 325. The molecule has 1 aliphatic carbocycles. The number of nitrogens with zero attached hydrogens (tertiary/aromatic N) is 1. The number of morpholine rings is 1. The van der Waals surface area contributed by atoms with Crippen molar-refractivity contribution in [1.29, 1.82) is 0 Å². The quantitative estimate of drug-likeness (QED) is 0.783. The minimum atomic E-state index is -3.29. The normalized spacial score (nSPS) is 33.1. The fraction of sp³-hybridized carbons (Fsp3) is 1.00. The van der Waals surface area contributed by atoms with Crippen molar-refractivity contribution in [3.8, 4) is 0 Å². The number of hydrogen-bond acceptors (Lipinski definition) is 3. The van der Waals surface area contributed by atoms with Crippen LogP contribution >= 0.6 is 0 Å². The van der Waals surface area contributed by atoms with Crippen LogP contribution in [-0.4, -0.2) is 45.1 Å². The van der Waals surface area contributed by atoms with Gasteiger partial charge in [-0.15, -0.1) is 0 Å². The first kappa shape index (κ1) is 12.3. The average molecular weight is 248 g/mol. The van der Waals surface area contributed by atoms with Crippen LogP contribution in [0.4, 0.5) is 0 Å². The molecule has 2 unspecified atom stereocenters. The maximum atomic E-state index is 12.0. The Balaban J connectivity index is 1.91. The second-order valence-corrected chi connectivity index (χ2v) is 6.45. The molecule has 2 aliphatic rings. The fourth-order valence-electron chi connectivity index (χ4n) is 2.39. The van der Waals surface area contributed by atoms with Gasteiger partial charge in [0, 0.05) is 19.1 Å². The molecule has 94 valence electrons. The Morgan fingerprint density at radius 2 is 1.94 bits per heavy atom. The molecule has 0 spiro atoms. The van der Waals surface area contributed by atoms with Gasteiger partial charge in [0.1, 0.15) is 0 Å². The Morgan fingerprint density at radius 1 is 1.25 bits per heavy atom. The molecule has 0 radical (unpaired) electrons.